The fraction of sp³-hybridized carbons (Fsp3) is 0.611. The van der Waals surface area contributed by atoms with Crippen molar-refractivity contribution >= 4 is 45.8 Å². The van der Waals surface area contributed by atoms with Crippen LogP contribution < -0.4 is 4.90 Å². The standard InChI is InChI=1S/C18H25N3O4S2/c1-4-26-11(2)16(24)20-6-5-12-13(9-20)27-18-15(12)17(25)19(3)10-14(23)21(18)7-8-22/h11,22H,4-10H2,1-3H3. The van der Waals surface area contributed by atoms with Crippen molar-refractivity contribution < 1.29 is 19.5 Å². The summed E-state index contributed by atoms with van der Waals surface area (Å²) in [4.78, 5) is 43.8. The van der Waals surface area contributed by atoms with Crippen LogP contribution in [0.5, 0.6) is 0 Å². The molecule has 2 aliphatic rings. The number of amides is 3. The molecular formula is C18H25N3O4S2. The molecule has 0 aromatic carbocycles. The maximum absolute atomic E-state index is 12.9. The van der Waals surface area contributed by atoms with E-state index in [9.17, 15) is 19.5 Å². The van der Waals surface area contributed by atoms with E-state index >= 15 is 0 Å². The number of anilines is 1. The van der Waals surface area contributed by atoms with E-state index in [1.54, 1.807) is 18.8 Å². The zero-order chi connectivity index (χ0) is 19.7. The van der Waals surface area contributed by atoms with Crippen molar-refractivity contribution in [3.05, 3.63) is 16.0 Å². The van der Waals surface area contributed by atoms with E-state index in [4.69, 9.17) is 0 Å². The van der Waals surface area contributed by atoms with Crippen molar-refractivity contribution in [2.45, 2.75) is 32.1 Å². The second-order valence-electron chi connectivity index (χ2n) is 6.72. The molecule has 0 spiro atoms. The third-order valence-corrected chi connectivity index (χ3v) is 7.19. The summed E-state index contributed by atoms with van der Waals surface area (Å²) in [6.45, 7) is 5.02. The van der Waals surface area contributed by atoms with E-state index in [-0.39, 0.29) is 42.7 Å². The van der Waals surface area contributed by atoms with Crippen LogP contribution in [-0.4, -0.2) is 76.9 Å². The Morgan fingerprint density at radius 1 is 1.33 bits per heavy atom. The minimum absolute atomic E-state index is 0.00533. The highest BCUT2D eigenvalue weighted by atomic mass is 32.2. The number of nitrogens with zero attached hydrogens (tertiary/aromatic N) is 3. The zero-order valence-corrected chi connectivity index (χ0v) is 17.5. The van der Waals surface area contributed by atoms with E-state index < -0.39 is 0 Å². The number of hydrogen-bond acceptors (Lipinski definition) is 6. The maximum Gasteiger partial charge on any atom is 0.257 e. The first kappa shape index (κ1) is 20.2. The molecule has 0 fully saturated rings. The van der Waals surface area contributed by atoms with Crippen molar-refractivity contribution in [2.75, 3.05) is 43.9 Å². The summed E-state index contributed by atoms with van der Waals surface area (Å²) in [6.07, 6.45) is 0.608. The fourth-order valence-corrected chi connectivity index (χ4v) is 5.75. The Kier molecular flexibility index (Phi) is 6.12. The van der Waals surface area contributed by atoms with Crippen LogP contribution in [0.25, 0.3) is 0 Å². The van der Waals surface area contributed by atoms with Crippen LogP contribution in [0.2, 0.25) is 0 Å². The Bertz CT molecular complexity index is 764. The van der Waals surface area contributed by atoms with Crippen molar-refractivity contribution in [1.82, 2.24) is 9.80 Å². The van der Waals surface area contributed by atoms with Crippen LogP contribution in [0, 0.1) is 0 Å². The second kappa shape index (κ2) is 8.20. The Labute approximate surface area is 167 Å². The van der Waals surface area contributed by atoms with E-state index in [1.165, 1.54) is 21.1 Å². The number of carbonyl (C=O) groups excluding carboxylic acids is 3. The van der Waals surface area contributed by atoms with Gasteiger partial charge in [-0.25, -0.2) is 0 Å². The summed E-state index contributed by atoms with van der Waals surface area (Å²) in [5.74, 6) is 0.644. The third kappa shape index (κ3) is 3.72. The summed E-state index contributed by atoms with van der Waals surface area (Å²) in [5.41, 5.74) is 1.52. The maximum atomic E-state index is 12.9. The highest BCUT2D eigenvalue weighted by molar-refractivity contribution is 8.00. The van der Waals surface area contributed by atoms with Crippen LogP contribution in [0.15, 0.2) is 0 Å². The normalized spacial score (nSPS) is 18.3. The number of aliphatic hydroxyl groups is 1. The first-order valence-corrected chi connectivity index (χ1v) is 11.0. The van der Waals surface area contributed by atoms with Gasteiger partial charge in [0.1, 0.15) is 11.5 Å². The molecule has 0 saturated heterocycles. The predicted molar refractivity (Wildman–Crippen MR) is 107 cm³/mol. The van der Waals surface area contributed by atoms with Crippen LogP contribution in [-0.2, 0) is 22.6 Å². The second-order valence-corrected chi connectivity index (χ2v) is 9.42. The molecule has 1 aromatic heterocycles. The predicted octanol–water partition coefficient (Wildman–Crippen LogP) is 1.19. The number of fused-ring (bicyclic) bond motifs is 3. The Morgan fingerprint density at radius 3 is 2.74 bits per heavy atom. The van der Waals surface area contributed by atoms with E-state index in [2.05, 4.69) is 0 Å². The van der Waals surface area contributed by atoms with Crippen molar-refractivity contribution in [3.63, 3.8) is 0 Å². The molecule has 1 aromatic rings. The van der Waals surface area contributed by atoms with E-state index in [1.807, 2.05) is 18.7 Å². The number of carbonyl (C=O) groups is 3. The highest BCUT2D eigenvalue weighted by Gasteiger charge is 2.37. The van der Waals surface area contributed by atoms with Crippen LogP contribution >= 0.6 is 23.1 Å². The molecule has 1 unspecified atom stereocenters. The average molecular weight is 412 g/mol. The summed E-state index contributed by atoms with van der Waals surface area (Å²) in [5, 5.41) is 9.89. The number of thiophene rings is 1. The van der Waals surface area contributed by atoms with Gasteiger partial charge in [-0.1, -0.05) is 6.92 Å². The molecular weight excluding hydrogens is 386 g/mol. The van der Waals surface area contributed by atoms with Gasteiger partial charge in [-0.05, 0) is 24.7 Å². The smallest absolute Gasteiger partial charge is 0.257 e. The van der Waals surface area contributed by atoms with Gasteiger partial charge in [-0.2, -0.15) is 0 Å². The molecule has 2 aliphatic heterocycles. The lowest BCUT2D eigenvalue weighted by Gasteiger charge is -2.29. The zero-order valence-electron chi connectivity index (χ0n) is 15.9. The Balaban J connectivity index is 1.95. The molecule has 1 atom stereocenters. The van der Waals surface area contributed by atoms with Gasteiger partial charge in [0.05, 0.1) is 24.0 Å². The van der Waals surface area contributed by atoms with Crippen LogP contribution in [0.4, 0.5) is 5.00 Å². The lowest BCUT2D eigenvalue weighted by molar-refractivity contribution is -0.131. The highest BCUT2D eigenvalue weighted by Crippen LogP contribution is 2.41. The minimum atomic E-state index is -0.196. The summed E-state index contributed by atoms with van der Waals surface area (Å²) in [7, 11) is 1.62. The van der Waals surface area contributed by atoms with Crippen LogP contribution in [0.3, 0.4) is 0 Å². The largest absolute Gasteiger partial charge is 0.395 e. The van der Waals surface area contributed by atoms with Gasteiger partial charge in [0.15, 0.2) is 0 Å². The number of hydrogen-bond donors (Lipinski definition) is 1. The number of β-amino-alcohol motifs (C(OH)–C–C–N with tert-alkyl or cyclic N) is 1. The molecule has 3 amide bonds. The van der Waals surface area contributed by atoms with Gasteiger partial charge < -0.3 is 14.9 Å². The quantitative estimate of drug-likeness (QED) is 0.787. The van der Waals surface area contributed by atoms with Gasteiger partial charge in [-0.15, -0.1) is 23.1 Å². The van der Waals surface area contributed by atoms with Gasteiger partial charge in [-0.3, -0.25) is 19.3 Å². The Morgan fingerprint density at radius 2 is 2.07 bits per heavy atom. The summed E-state index contributed by atoms with van der Waals surface area (Å²) >= 11 is 3.02. The van der Waals surface area contributed by atoms with Gasteiger partial charge in [0.25, 0.3) is 5.91 Å². The minimum Gasteiger partial charge on any atom is -0.395 e. The molecule has 27 heavy (non-hydrogen) atoms. The topological polar surface area (TPSA) is 81.2 Å². The first-order chi connectivity index (χ1) is 12.9. The Hall–Kier alpha value is -1.58. The first-order valence-electron chi connectivity index (χ1n) is 9.10. The molecule has 3 rings (SSSR count). The molecule has 9 heteroatoms. The lowest BCUT2D eigenvalue weighted by atomic mass is 10.0. The summed E-state index contributed by atoms with van der Waals surface area (Å²) in [6, 6.07) is 0. The summed E-state index contributed by atoms with van der Waals surface area (Å²) < 4.78 is 0. The van der Waals surface area contributed by atoms with Crippen molar-refractivity contribution in [1.29, 1.82) is 0 Å². The third-order valence-electron chi connectivity index (χ3n) is 4.92. The molecule has 148 valence electrons. The average Bonchev–Trinajstić information content (AvgIpc) is 2.99. The van der Waals surface area contributed by atoms with E-state index in [0.717, 1.165) is 16.2 Å². The van der Waals surface area contributed by atoms with Crippen molar-refractivity contribution in [2.24, 2.45) is 0 Å². The monoisotopic (exact) mass is 411 g/mol. The number of thioether (sulfide) groups is 1. The van der Waals surface area contributed by atoms with Crippen molar-refractivity contribution in [3.8, 4) is 0 Å². The molecule has 0 radical (unpaired) electrons. The van der Waals surface area contributed by atoms with E-state index in [0.29, 0.717) is 30.1 Å². The molecule has 0 bridgehead atoms. The molecule has 3 heterocycles. The van der Waals surface area contributed by atoms with Crippen LogP contribution in [0.1, 0.15) is 34.6 Å². The fourth-order valence-electron chi connectivity index (χ4n) is 3.56. The SMILES string of the molecule is CCSC(C)C(=O)N1CCc2c(sc3c2C(=O)N(C)CC(=O)N3CCO)C1. The molecule has 7 nitrogen and oxygen atoms in total. The number of aliphatic hydroxyl groups excluding tert-OH is 1. The number of likely N-dealkylation sites (N-methyl/N-ethyl adjacent to an activating group) is 1. The number of rotatable bonds is 5. The lowest BCUT2D eigenvalue weighted by Crippen LogP contribution is -2.40. The van der Waals surface area contributed by atoms with Gasteiger partial charge in [0.2, 0.25) is 11.8 Å². The molecule has 0 saturated carbocycles. The van der Waals surface area contributed by atoms with Gasteiger partial charge >= 0.3 is 0 Å². The molecule has 1 N–H and O–H groups in total. The molecule has 0 aliphatic carbocycles. The van der Waals surface area contributed by atoms with Gasteiger partial charge in [0, 0.05) is 25.0 Å².